The molecular formula is C18H15F3N2O3. The predicted octanol–water partition coefficient (Wildman–Crippen LogP) is 4.01. The summed E-state index contributed by atoms with van der Waals surface area (Å²) in [5.41, 5.74) is -0.734. The van der Waals surface area contributed by atoms with Crippen LogP contribution in [0.2, 0.25) is 0 Å². The molecule has 5 nitrogen and oxygen atoms in total. The number of benzene rings is 2. The summed E-state index contributed by atoms with van der Waals surface area (Å²) in [6.45, 7) is 2.50. The molecule has 0 bridgehead atoms. The number of carbonyl (C=O) groups is 1. The zero-order chi connectivity index (χ0) is 19.3. The summed E-state index contributed by atoms with van der Waals surface area (Å²) in [5.74, 6) is -1.18. The highest BCUT2D eigenvalue weighted by atomic mass is 19.4. The number of nitrogens with one attached hydrogen (secondary N) is 1. The molecule has 0 fully saturated rings. The topological polar surface area (TPSA) is 86.2 Å². The number of aromatic amines is 1. The second kappa shape index (κ2) is 5.84. The van der Waals surface area contributed by atoms with Gasteiger partial charge in [0.1, 0.15) is 0 Å². The lowest BCUT2D eigenvalue weighted by molar-refractivity contribution is -0.258. The summed E-state index contributed by atoms with van der Waals surface area (Å²) >= 11 is 0. The van der Waals surface area contributed by atoms with E-state index in [0.717, 1.165) is 5.56 Å². The van der Waals surface area contributed by atoms with Gasteiger partial charge in [-0.05, 0) is 48.2 Å². The van der Waals surface area contributed by atoms with E-state index in [2.05, 4.69) is 10.2 Å². The fourth-order valence-corrected chi connectivity index (χ4v) is 2.78. The maximum atomic E-state index is 12.9. The van der Waals surface area contributed by atoms with Crippen molar-refractivity contribution in [3.8, 4) is 11.1 Å². The first-order valence-corrected chi connectivity index (χ1v) is 7.64. The van der Waals surface area contributed by atoms with Crippen LogP contribution in [0.15, 0.2) is 36.4 Å². The number of halogens is 3. The summed E-state index contributed by atoms with van der Waals surface area (Å²) in [7, 11) is 0. The van der Waals surface area contributed by atoms with Crippen LogP contribution in [0.3, 0.4) is 0 Å². The molecule has 1 aromatic heterocycles. The number of aryl methyl sites for hydroxylation is 1. The van der Waals surface area contributed by atoms with Gasteiger partial charge in [-0.25, -0.2) is 4.79 Å². The van der Waals surface area contributed by atoms with E-state index in [1.807, 2.05) is 0 Å². The minimum Gasteiger partial charge on any atom is -0.476 e. The van der Waals surface area contributed by atoms with Gasteiger partial charge in [-0.1, -0.05) is 24.3 Å². The van der Waals surface area contributed by atoms with E-state index in [9.17, 15) is 28.2 Å². The summed E-state index contributed by atoms with van der Waals surface area (Å²) < 4.78 is 38.8. The normalized spacial score (nSPS) is 14.4. The highest BCUT2D eigenvalue weighted by Gasteiger charge is 2.51. The van der Waals surface area contributed by atoms with Crippen LogP contribution >= 0.6 is 0 Å². The molecule has 2 aromatic carbocycles. The molecular weight excluding hydrogens is 349 g/mol. The van der Waals surface area contributed by atoms with Crippen molar-refractivity contribution in [2.75, 3.05) is 0 Å². The maximum Gasteiger partial charge on any atom is 0.421 e. The number of carboxylic acid groups (broad SMARTS) is 1. The highest BCUT2D eigenvalue weighted by Crippen LogP contribution is 2.39. The summed E-state index contributed by atoms with van der Waals surface area (Å²) in [6, 6.07) is 8.70. The molecule has 8 heteroatoms. The van der Waals surface area contributed by atoms with Crippen LogP contribution in [0.5, 0.6) is 0 Å². The van der Waals surface area contributed by atoms with Gasteiger partial charge in [0, 0.05) is 5.39 Å². The number of fused-ring (bicyclic) bond motifs is 1. The molecule has 0 saturated carbocycles. The van der Waals surface area contributed by atoms with E-state index in [0.29, 0.717) is 29.0 Å². The molecule has 1 atom stereocenters. The van der Waals surface area contributed by atoms with E-state index in [-0.39, 0.29) is 11.3 Å². The summed E-state index contributed by atoms with van der Waals surface area (Å²) in [4.78, 5) is 11.2. The monoisotopic (exact) mass is 364 g/mol. The van der Waals surface area contributed by atoms with Crippen LogP contribution in [0.25, 0.3) is 22.0 Å². The van der Waals surface area contributed by atoms with Crippen molar-refractivity contribution in [2.24, 2.45) is 0 Å². The van der Waals surface area contributed by atoms with Crippen LogP contribution in [0, 0.1) is 6.92 Å². The number of rotatable bonds is 3. The second-order valence-electron chi connectivity index (χ2n) is 6.24. The quantitative estimate of drug-likeness (QED) is 0.656. The largest absolute Gasteiger partial charge is 0.476 e. The van der Waals surface area contributed by atoms with Crippen molar-refractivity contribution < 1.29 is 28.2 Å². The van der Waals surface area contributed by atoms with Gasteiger partial charge in [-0.3, -0.25) is 5.10 Å². The highest BCUT2D eigenvalue weighted by molar-refractivity contribution is 6.02. The average Bonchev–Trinajstić information content (AvgIpc) is 2.96. The molecule has 0 spiro atoms. The van der Waals surface area contributed by atoms with Crippen molar-refractivity contribution >= 4 is 16.9 Å². The van der Waals surface area contributed by atoms with Crippen molar-refractivity contribution in [3.63, 3.8) is 0 Å². The molecule has 3 N–H and O–H groups in total. The number of carboxylic acids is 1. The van der Waals surface area contributed by atoms with Crippen LogP contribution in [-0.2, 0) is 5.60 Å². The zero-order valence-electron chi connectivity index (χ0n) is 13.8. The zero-order valence-corrected chi connectivity index (χ0v) is 13.8. The Balaban J connectivity index is 2.08. The molecule has 0 amide bonds. The number of nitrogens with zero attached hydrogens (tertiary/aromatic N) is 1. The van der Waals surface area contributed by atoms with Gasteiger partial charge in [-0.15, -0.1) is 0 Å². The first-order chi connectivity index (χ1) is 12.0. The van der Waals surface area contributed by atoms with Gasteiger partial charge >= 0.3 is 12.1 Å². The van der Waals surface area contributed by atoms with Gasteiger partial charge < -0.3 is 10.2 Å². The van der Waals surface area contributed by atoms with Gasteiger partial charge in [0.2, 0.25) is 0 Å². The van der Waals surface area contributed by atoms with Crippen LogP contribution in [-0.4, -0.2) is 32.6 Å². The Morgan fingerprint density at radius 3 is 2.31 bits per heavy atom. The van der Waals surface area contributed by atoms with Gasteiger partial charge in [0.05, 0.1) is 5.52 Å². The predicted molar refractivity (Wildman–Crippen MR) is 88.9 cm³/mol. The Hall–Kier alpha value is -2.87. The Morgan fingerprint density at radius 1 is 1.15 bits per heavy atom. The third-order valence-corrected chi connectivity index (χ3v) is 4.42. The molecule has 0 aliphatic rings. The fourth-order valence-electron chi connectivity index (χ4n) is 2.78. The molecule has 0 saturated heterocycles. The Bertz CT molecular complexity index is 989. The smallest absolute Gasteiger partial charge is 0.421 e. The number of alkyl halides is 3. The lowest BCUT2D eigenvalue weighted by Crippen LogP contribution is -2.39. The van der Waals surface area contributed by atoms with Crippen molar-refractivity contribution in [1.29, 1.82) is 0 Å². The fraction of sp³-hybridized carbons (Fsp3) is 0.222. The minimum atomic E-state index is -4.80. The molecule has 3 aromatic rings. The molecule has 3 rings (SSSR count). The molecule has 0 radical (unpaired) electrons. The number of aliphatic hydroxyl groups is 1. The first kappa shape index (κ1) is 17.9. The van der Waals surface area contributed by atoms with Gasteiger partial charge in [-0.2, -0.15) is 18.3 Å². The molecule has 0 aliphatic heterocycles. The number of H-pyrrole nitrogens is 1. The molecule has 136 valence electrons. The third kappa shape index (κ3) is 2.82. The van der Waals surface area contributed by atoms with Crippen molar-refractivity contribution in [3.05, 3.63) is 53.2 Å². The van der Waals surface area contributed by atoms with Crippen molar-refractivity contribution in [1.82, 2.24) is 10.2 Å². The molecule has 1 heterocycles. The van der Waals surface area contributed by atoms with E-state index in [4.69, 9.17) is 0 Å². The second-order valence-corrected chi connectivity index (χ2v) is 6.24. The van der Waals surface area contributed by atoms with E-state index >= 15 is 0 Å². The minimum absolute atomic E-state index is 0.127. The first-order valence-electron chi connectivity index (χ1n) is 7.64. The molecule has 26 heavy (non-hydrogen) atoms. The number of hydrogen-bond donors (Lipinski definition) is 3. The maximum absolute atomic E-state index is 12.9. The van der Waals surface area contributed by atoms with E-state index < -0.39 is 17.7 Å². The third-order valence-electron chi connectivity index (χ3n) is 4.42. The number of aromatic nitrogens is 2. The molecule has 1 unspecified atom stereocenters. The van der Waals surface area contributed by atoms with Crippen molar-refractivity contribution in [2.45, 2.75) is 25.6 Å². The number of hydrogen-bond acceptors (Lipinski definition) is 3. The lowest BCUT2D eigenvalue weighted by Gasteiger charge is -2.26. The SMILES string of the molecule is Cc1cc2[nH]nc(C(=O)O)c2cc1-c1ccc(C(C)(O)C(F)(F)F)cc1. The summed E-state index contributed by atoms with van der Waals surface area (Å²) in [5, 5.41) is 25.7. The standard InChI is InChI=1S/C18H15F3N2O3/c1-9-7-14-13(15(16(24)25)23-22-14)8-12(9)10-3-5-11(6-4-10)17(2,26)18(19,20)21/h3-8,26H,1-2H3,(H,22,23)(H,24,25). The number of aromatic carboxylic acids is 1. The van der Waals surface area contributed by atoms with Crippen LogP contribution < -0.4 is 0 Å². The lowest BCUT2D eigenvalue weighted by atomic mass is 9.92. The van der Waals surface area contributed by atoms with Gasteiger partial charge in [0.15, 0.2) is 11.3 Å². The van der Waals surface area contributed by atoms with E-state index in [1.165, 1.54) is 24.3 Å². The Kier molecular flexibility index (Phi) is 4.03. The average molecular weight is 364 g/mol. The summed E-state index contributed by atoms with van der Waals surface area (Å²) in [6.07, 6.45) is -4.80. The van der Waals surface area contributed by atoms with E-state index in [1.54, 1.807) is 19.1 Å². The van der Waals surface area contributed by atoms with Crippen LogP contribution in [0.4, 0.5) is 13.2 Å². The Labute approximate surface area is 146 Å². The van der Waals surface area contributed by atoms with Crippen LogP contribution in [0.1, 0.15) is 28.5 Å². The molecule has 0 aliphatic carbocycles. The van der Waals surface area contributed by atoms with Gasteiger partial charge in [0.25, 0.3) is 0 Å². The Morgan fingerprint density at radius 2 is 1.77 bits per heavy atom.